The van der Waals surface area contributed by atoms with E-state index in [2.05, 4.69) is 15.5 Å². The molecule has 1 heterocycles. The van der Waals surface area contributed by atoms with Crippen LogP contribution < -0.4 is 14.8 Å². The van der Waals surface area contributed by atoms with Crippen LogP contribution in [0, 0.1) is 10.1 Å². The summed E-state index contributed by atoms with van der Waals surface area (Å²) in [4.78, 5) is 23.5. The molecule has 0 saturated carbocycles. The lowest BCUT2D eigenvalue weighted by Gasteiger charge is -2.12. The first kappa shape index (κ1) is 24.7. The Labute approximate surface area is 211 Å². The van der Waals surface area contributed by atoms with E-state index < -0.39 is 4.92 Å². The van der Waals surface area contributed by atoms with Crippen LogP contribution in [0.3, 0.4) is 0 Å². The summed E-state index contributed by atoms with van der Waals surface area (Å²) in [7, 11) is 3.02. The number of amides is 1. The van der Waals surface area contributed by atoms with Crippen molar-refractivity contribution in [2.45, 2.75) is 17.5 Å². The van der Waals surface area contributed by atoms with Crippen molar-refractivity contribution in [3.05, 3.63) is 99.9 Å². The van der Waals surface area contributed by atoms with Crippen molar-refractivity contribution < 1.29 is 19.2 Å². The maximum absolute atomic E-state index is 12.9. The molecule has 36 heavy (non-hydrogen) atoms. The van der Waals surface area contributed by atoms with E-state index in [0.29, 0.717) is 39.5 Å². The molecule has 0 bridgehead atoms. The van der Waals surface area contributed by atoms with Crippen LogP contribution in [0.15, 0.2) is 78.0 Å². The first-order chi connectivity index (χ1) is 17.5. The van der Waals surface area contributed by atoms with E-state index in [9.17, 15) is 14.9 Å². The van der Waals surface area contributed by atoms with Crippen LogP contribution in [0.4, 0.5) is 5.69 Å². The van der Waals surface area contributed by atoms with Gasteiger partial charge in [-0.05, 0) is 29.8 Å². The van der Waals surface area contributed by atoms with E-state index in [4.69, 9.17) is 9.47 Å². The van der Waals surface area contributed by atoms with Gasteiger partial charge in [0.25, 0.3) is 11.6 Å². The van der Waals surface area contributed by atoms with Gasteiger partial charge in [-0.3, -0.25) is 19.5 Å². The Bertz CT molecular complexity index is 1340. The highest BCUT2D eigenvalue weighted by Crippen LogP contribution is 2.27. The average Bonchev–Trinajstić information content (AvgIpc) is 3.33. The fraction of sp³-hybridized carbons (Fsp3) is 0.160. The minimum atomic E-state index is -0.454. The molecule has 0 saturated heterocycles. The zero-order valence-corrected chi connectivity index (χ0v) is 20.4. The SMILES string of the molecule is COc1cc(OC)cc(C(=O)NCc2nnc(SCc3ccccc3)n2-c2ccc([N+](=O)[O-])cc2)c1. The van der Waals surface area contributed by atoms with Gasteiger partial charge in [0.1, 0.15) is 11.5 Å². The van der Waals surface area contributed by atoms with Crippen LogP contribution in [0.1, 0.15) is 21.7 Å². The molecule has 1 N–H and O–H groups in total. The molecule has 4 rings (SSSR count). The number of methoxy groups -OCH3 is 2. The van der Waals surface area contributed by atoms with Gasteiger partial charge in [-0.2, -0.15) is 0 Å². The molecule has 1 aromatic heterocycles. The summed E-state index contributed by atoms with van der Waals surface area (Å²) < 4.78 is 12.3. The Hall–Kier alpha value is -4.38. The fourth-order valence-corrected chi connectivity index (χ4v) is 4.34. The van der Waals surface area contributed by atoms with E-state index in [-0.39, 0.29) is 18.1 Å². The van der Waals surface area contributed by atoms with Gasteiger partial charge in [-0.1, -0.05) is 42.1 Å². The number of rotatable bonds is 10. The fourth-order valence-electron chi connectivity index (χ4n) is 3.41. The predicted octanol–water partition coefficient (Wildman–Crippen LogP) is 4.42. The first-order valence-corrected chi connectivity index (χ1v) is 11.8. The number of nitrogens with zero attached hydrogens (tertiary/aromatic N) is 4. The Balaban J connectivity index is 1.59. The average molecular weight is 506 g/mol. The number of nitro groups is 1. The second-order valence-electron chi connectivity index (χ2n) is 7.57. The minimum Gasteiger partial charge on any atom is -0.497 e. The molecule has 0 aliphatic heterocycles. The molecule has 0 fully saturated rings. The second kappa shape index (κ2) is 11.4. The van der Waals surface area contributed by atoms with E-state index in [1.165, 1.54) is 38.1 Å². The quantitative estimate of drug-likeness (QED) is 0.191. The molecular weight excluding hydrogens is 482 g/mol. The summed E-state index contributed by atoms with van der Waals surface area (Å²) in [5.41, 5.74) is 2.11. The topological polar surface area (TPSA) is 121 Å². The molecule has 3 aromatic carbocycles. The molecule has 0 unspecified atom stereocenters. The summed E-state index contributed by atoms with van der Waals surface area (Å²) in [6.07, 6.45) is 0. The Morgan fingerprint density at radius 2 is 1.67 bits per heavy atom. The molecule has 0 spiro atoms. The van der Waals surface area contributed by atoms with Crippen molar-refractivity contribution in [2.75, 3.05) is 14.2 Å². The number of nitro benzene ring substituents is 1. The number of ether oxygens (including phenoxy) is 2. The molecule has 10 nitrogen and oxygen atoms in total. The van der Waals surface area contributed by atoms with Crippen LogP contribution in [0.25, 0.3) is 5.69 Å². The van der Waals surface area contributed by atoms with E-state index in [1.807, 2.05) is 30.3 Å². The molecule has 0 aliphatic carbocycles. The normalized spacial score (nSPS) is 10.6. The highest BCUT2D eigenvalue weighted by atomic mass is 32.2. The lowest BCUT2D eigenvalue weighted by Crippen LogP contribution is -2.24. The summed E-state index contributed by atoms with van der Waals surface area (Å²) in [5, 5.41) is 23.2. The maximum Gasteiger partial charge on any atom is 0.269 e. The van der Waals surface area contributed by atoms with Crippen molar-refractivity contribution in [3.8, 4) is 17.2 Å². The van der Waals surface area contributed by atoms with E-state index in [0.717, 1.165) is 5.56 Å². The van der Waals surface area contributed by atoms with Gasteiger partial charge in [-0.25, -0.2) is 0 Å². The van der Waals surface area contributed by atoms with Crippen molar-refractivity contribution in [1.82, 2.24) is 20.1 Å². The van der Waals surface area contributed by atoms with Crippen LogP contribution in [0.2, 0.25) is 0 Å². The van der Waals surface area contributed by atoms with E-state index in [1.54, 1.807) is 34.9 Å². The van der Waals surface area contributed by atoms with Gasteiger partial charge in [0.05, 0.1) is 25.7 Å². The number of nitrogens with one attached hydrogen (secondary N) is 1. The van der Waals surface area contributed by atoms with Crippen molar-refractivity contribution in [1.29, 1.82) is 0 Å². The second-order valence-corrected chi connectivity index (χ2v) is 8.51. The first-order valence-electron chi connectivity index (χ1n) is 10.9. The maximum atomic E-state index is 12.9. The standard InChI is InChI=1S/C25H23N5O5S/c1-34-21-12-18(13-22(14-21)35-2)24(31)26-15-23-27-28-25(36-16-17-6-4-3-5-7-17)29(23)19-8-10-20(11-9-19)30(32)33/h3-14H,15-16H2,1-2H3,(H,26,31). The number of carbonyl (C=O) groups is 1. The molecule has 11 heteroatoms. The van der Waals surface area contributed by atoms with Crippen LogP contribution in [0.5, 0.6) is 11.5 Å². The van der Waals surface area contributed by atoms with Crippen LogP contribution >= 0.6 is 11.8 Å². The van der Waals surface area contributed by atoms with Crippen LogP contribution in [-0.4, -0.2) is 39.8 Å². The molecule has 0 radical (unpaired) electrons. The number of aromatic nitrogens is 3. The molecular formula is C25H23N5O5S. The molecule has 184 valence electrons. The minimum absolute atomic E-state index is 0.0212. The van der Waals surface area contributed by atoms with Gasteiger partial charge in [0, 0.05) is 35.2 Å². The van der Waals surface area contributed by atoms with Gasteiger partial charge < -0.3 is 14.8 Å². The highest BCUT2D eigenvalue weighted by molar-refractivity contribution is 7.98. The summed E-state index contributed by atoms with van der Waals surface area (Å²) in [5.74, 6) is 1.77. The number of hydrogen-bond acceptors (Lipinski definition) is 8. The molecule has 0 atom stereocenters. The highest BCUT2D eigenvalue weighted by Gasteiger charge is 2.18. The summed E-state index contributed by atoms with van der Waals surface area (Å²) in [6, 6.07) is 20.9. The number of thioether (sulfide) groups is 1. The Kier molecular flexibility index (Phi) is 7.81. The van der Waals surface area contributed by atoms with Gasteiger partial charge in [0.15, 0.2) is 11.0 Å². The third-order valence-electron chi connectivity index (χ3n) is 5.25. The van der Waals surface area contributed by atoms with Crippen LogP contribution in [-0.2, 0) is 12.3 Å². The molecule has 1 amide bonds. The predicted molar refractivity (Wildman–Crippen MR) is 135 cm³/mol. The lowest BCUT2D eigenvalue weighted by atomic mass is 10.2. The molecule has 0 aliphatic rings. The van der Waals surface area contributed by atoms with Gasteiger partial charge in [0.2, 0.25) is 0 Å². The summed E-state index contributed by atoms with van der Waals surface area (Å²) in [6.45, 7) is 0.0776. The third kappa shape index (κ3) is 5.81. The lowest BCUT2D eigenvalue weighted by molar-refractivity contribution is -0.384. The number of carbonyl (C=O) groups excluding carboxylic acids is 1. The smallest absolute Gasteiger partial charge is 0.269 e. The van der Waals surface area contributed by atoms with Gasteiger partial charge >= 0.3 is 0 Å². The zero-order valence-electron chi connectivity index (χ0n) is 19.6. The third-order valence-corrected chi connectivity index (χ3v) is 6.25. The number of non-ortho nitro benzene ring substituents is 1. The number of benzene rings is 3. The monoisotopic (exact) mass is 505 g/mol. The van der Waals surface area contributed by atoms with Crippen molar-refractivity contribution in [2.24, 2.45) is 0 Å². The number of hydrogen-bond donors (Lipinski definition) is 1. The van der Waals surface area contributed by atoms with Crippen molar-refractivity contribution in [3.63, 3.8) is 0 Å². The van der Waals surface area contributed by atoms with E-state index >= 15 is 0 Å². The Morgan fingerprint density at radius 3 is 2.28 bits per heavy atom. The largest absolute Gasteiger partial charge is 0.497 e. The molecule has 4 aromatic rings. The Morgan fingerprint density at radius 1 is 1.00 bits per heavy atom. The zero-order chi connectivity index (χ0) is 25.5. The summed E-state index contributed by atoms with van der Waals surface area (Å²) >= 11 is 1.48. The van der Waals surface area contributed by atoms with Gasteiger partial charge in [-0.15, -0.1) is 10.2 Å². The van der Waals surface area contributed by atoms with Crippen molar-refractivity contribution >= 4 is 23.4 Å².